The summed E-state index contributed by atoms with van der Waals surface area (Å²) in [6.07, 6.45) is 0. The van der Waals surface area contributed by atoms with Crippen LogP contribution in [-0.2, 0) is 6.54 Å². The van der Waals surface area contributed by atoms with Gasteiger partial charge in [-0.2, -0.15) is 0 Å². The third kappa shape index (κ3) is 3.34. The zero-order valence-electron chi connectivity index (χ0n) is 10.9. The number of phenols is 1. The van der Waals surface area contributed by atoms with Crippen molar-refractivity contribution in [3.8, 4) is 5.75 Å². The molecule has 0 amide bonds. The van der Waals surface area contributed by atoms with Crippen molar-refractivity contribution in [2.24, 2.45) is 0 Å². The Hall–Kier alpha value is -1.80. The van der Waals surface area contributed by atoms with Crippen LogP contribution in [0, 0.1) is 6.92 Å². The van der Waals surface area contributed by atoms with Gasteiger partial charge in [0.05, 0.1) is 0 Å². The van der Waals surface area contributed by atoms with Gasteiger partial charge in [-0.15, -0.1) is 0 Å². The largest absolute Gasteiger partial charge is 0.508 e. The SMILES string of the molecule is Cc1ccc([C@@H](C)NCc2cccc(O)c2)cc1. The van der Waals surface area contributed by atoms with Crippen LogP contribution in [0.25, 0.3) is 0 Å². The first-order valence-electron chi connectivity index (χ1n) is 6.23. The number of nitrogens with one attached hydrogen (secondary N) is 1. The van der Waals surface area contributed by atoms with Gasteiger partial charge in [0.1, 0.15) is 5.75 Å². The Morgan fingerprint density at radius 2 is 1.83 bits per heavy atom. The molecule has 0 fully saturated rings. The summed E-state index contributed by atoms with van der Waals surface area (Å²) < 4.78 is 0. The fourth-order valence-corrected chi connectivity index (χ4v) is 1.91. The van der Waals surface area contributed by atoms with Crippen molar-refractivity contribution in [1.82, 2.24) is 5.32 Å². The average Bonchev–Trinajstić information content (AvgIpc) is 2.37. The van der Waals surface area contributed by atoms with E-state index in [0.29, 0.717) is 11.8 Å². The zero-order chi connectivity index (χ0) is 13.0. The molecular weight excluding hydrogens is 222 g/mol. The van der Waals surface area contributed by atoms with E-state index in [1.165, 1.54) is 11.1 Å². The van der Waals surface area contributed by atoms with E-state index in [2.05, 4.69) is 43.4 Å². The van der Waals surface area contributed by atoms with Crippen LogP contribution in [-0.4, -0.2) is 5.11 Å². The summed E-state index contributed by atoms with van der Waals surface area (Å²) in [5.74, 6) is 0.317. The third-order valence-electron chi connectivity index (χ3n) is 3.10. The number of hydrogen-bond acceptors (Lipinski definition) is 2. The van der Waals surface area contributed by atoms with Gasteiger partial charge in [0, 0.05) is 12.6 Å². The summed E-state index contributed by atoms with van der Waals surface area (Å²) >= 11 is 0. The molecule has 0 aromatic heterocycles. The van der Waals surface area contributed by atoms with Gasteiger partial charge < -0.3 is 10.4 Å². The first-order chi connectivity index (χ1) is 8.65. The standard InChI is InChI=1S/C16H19NO/c1-12-6-8-15(9-7-12)13(2)17-11-14-4-3-5-16(18)10-14/h3-10,13,17-18H,11H2,1-2H3/t13-/m1/s1. The Morgan fingerprint density at radius 1 is 1.11 bits per heavy atom. The topological polar surface area (TPSA) is 32.3 Å². The zero-order valence-corrected chi connectivity index (χ0v) is 10.9. The first-order valence-corrected chi connectivity index (χ1v) is 6.23. The van der Waals surface area contributed by atoms with Crippen LogP contribution in [0.5, 0.6) is 5.75 Å². The Balaban J connectivity index is 1.96. The maximum Gasteiger partial charge on any atom is 0.115 e. The molecule has 1 atom stereocenters. The summed E-state index contributed by atoms with van der Waals surface area (Å²) in [5, 5.41) is 12.8. The molecule has 2 aromatic carbocycles. The van der Waals surface area contributed by atoms with Crippen molar-refractivity contribution in [2.75, 3.05) is 0 Å². The molecular formula is C16H19NO. The Kier molecular flexibility index (Phi) is 4.00. The minimum Gasteiger partial charge on any atom is -0.508 e. The van der Waals surface area contributed by atoms with E-state index < -0.39 is 0 Å². The molecule has 2 rings (SSSR count). The lowest BCUT2D eigenvalue weighted by molar-refractivity contribution is 0.473. The van der Waals surface area contributed by atoms with Gasteiger partial charge in [0.2, 0.25) is 0 Å². The first kappa shape index (κ1) is 12.7. The van der Waals surface area contributed by atoms with E-state index >= 15 is 0 Å². The van der Waals surface area contributed by atoms with Crippen molar-refractivity contribution in [1.29, 1.82) is 0 Å². The Morgan fingerprint density at radius 3 is 2.50 bits per heavy atom. The van der Waals surface area contributed by atoms with Crippen molar-refractivity contribution in [3.63, 3.8) is 0 Å². The molecule has 0 aliphatic rings. The fraction of sp³-hybridized carbons (Fsp3) is 0.250. The lowest BCUT2D eigenvalue weighted by Crippen LogP contribution is -2.17. The second-order valence-corrected chi connectivity index (χ2v) is 4.68. The number of hydrogen-bond donors (Lipinski definition) is 2. The van der Waals surface area contributed by atoms with Crippen molar-refractivity contribution in [3.05, 3.63) is 65.2 Å². The van der Waals surface area contributed by atoms with Gasteiger partial charge in [0.15, 0.2) is 0 Å². The van der Waals surface area contributed by atoms with Gasteiger partial charge >= 0.3 is 0 Å². The number of rotatable bonds is 4. The van der Waals surface area contributed by atoms with Crippen LogP contribution in [0.15, 0.2) is 48.5 Å². The second kappa shape index (κ2) is 5.69. The predicted molar refractivity (Wildman–Crippen MR) is 74.5 cm³/mol. The highest BCUT2D eigenvalue weighted by atomic mass is 16.3. The molecule has 0 unspecified atom stereocenters. The Bertz CT molecular complexity index is 505. The normalized spacial score (nSPS) is 12.3. The lowest BCUT2D eigenvalue weighted by atomic mass is 10.1. The highest BCUT2D eigenvalue weighted by molar-refractivity contribution is 5.27. The molecule has 2 heteroatoms. The Labute approximate surface area is 108 Å². The van der Waals surface area contributed by atoms with E-state index in [4.69, 9.17) is 0 Å². The van der Waals surface area contributed by atoms with Gasteiger partial charge in [-0.3, -0.25) is 0 Å². The summed E-state index contributed by atoms with van der Waals surface area (Å²) in [6.45, 7) is 4.99. The van der Waals surface area contributed by atoms with E-state index in [1.807, 2.05) is 12.1 Å². The third-order valence-corrected chi connectivity index (χ3v) is 3.10. The molecule has 0 spiro atoms. The summed E-state index contributed by atoms with van der Waals surface area (Å²) in [7, 11) is 0. The van der Waals surface area contributed by atoms with Gasteiger partial charge in [-0.05, 0) is 37.1 Å². The summed E-state index contributed by atoms with van der Waals surface area (Å²) in [6, 6.07) is 16.2. The van der Waals surface area contributed by atoms with Crippen LogP contribution in [0.2, 0.25) is 0 Å². The van der Waals surface area contributed by atoms with E-state index in [1.54, 1.807) is 12.1 Å². The van der Waals surface area contributed by atoms with Crippen LogP contribution in [0.4, 0.5) is 0 Å². The smallest absolute Gasteiger partial charge is 0.115 e. The molecule has 2 aromatic rings. The fourth-order valence-electron chi connectivity index (χ4n) is 1.91. The molecule has 0 heterocycles. The predicted octanol–water partition coefficient (Wildman–Crippen LogP) is 3.55. The summed E-state index contributed by atoms with van der Waals surface area (Å²) in [5.41, 5.74) is 3.65. The maximum atomic E-state index is 9.40. The lowest BCUT2D eigenvalue weighted by Gasteiger charge is -2.14. The number of benzene rings is 2. The van der Waals surface area contributed by atoms with Gasteiger partial charge in [-0.25, -0.2) is 0 Å². The van der Waals surface area contributed by atoms with E-state index in [-0.39, 0.29) is 0 Å². The van der Waals surface area contributed by atoms with Crippen LogP contribution < -0.4 is 5.32 Å². The molecule has 0 radical (unpaired) electrons. The number of aromatic hydroxyl groups is 1. The highest BCUT2D eigenvalue weighted by Gasteiger charge is 2.04. The van der Waals surface area contributed by atoms with Crippen molar-refractivity contribution >= 4 is 0 Å². The van der Waals surface area contributed by atoms with Gasteiger partial charge in [-0.1, -0.05) is 42.0 Å². The maximum absolute atomic E-state index is 9.40. The molecule has 0 saturated carbocycles. The van der Waals surface area contributed by atoms with Crippen LogP contribution in [0.3, 0.4) is 0 Å². The minimum atomic E-state index is 0.299. The number of aryl methyl sites for hydroxylation is 1. The minimum absolute atomic E-state index is 0.299. The monoisotopic (exact) mass is 241 g/mol. The molecule has 0 saturated heterocycles. The quantitative estimate of drug-likeness (QED) is 0.858. The molecule has 0 aliphatic carbocycles. The second-order valence-electron chi connectivity index (χ2n) is 4.68. The van der Waals surface area contributed by atoms with Crippen molar-refractivity contribution < 1.29 is 5.11 Å². The number of phenolic OH excluding ortho intramolecular Hbond substituents is 1. The van der Waals surface area contributed by atoms with Crippen LogP contribution >= 0.6 is 0 Å². The highest BCUT2D eigenvalue weighted by Crippen LogP contribution is 2.15. The molecule has 94 valence electrons. The molecule has 2 N–H and O–H groups in total. The van der Waals surface area contributed by atoms with Crippen LogP contribution in [0.1, 0.15) is 29.7 Å². The molecule has 18 heavy (non-hydrogen) atoms. The van der Waals surface area contributed by atoms with Crippen molar-refractivity contribution in [2.45, 2.75) is 26.4 Å². The van der Waals surface area contributed by atoms with E-state index in [0.717, 1.165) is 12.1 Å². The summed E-state index contributed by atoms with van der Waals surface area (Å²) in [4.78, 5) is 0. The molecule has 0 aliphatic heterocycles. The molecule has 0 bridgehead atoms. The van der Waals surface area contributed by atoms with Gasteiger partial charge in [0.25, 0.3) is 0 Å². The molecule has 2 nitrogen and oxygen atoms in total. The van der Waals surface area contributed by atoms with E-state index in [9.17, 15) is 5.11 Å². The average molecular weight is 241 g/mol.